The maximum Gasteiger partial charge on any atom is 0.417 e. The summed E-state index contributed by atoms with van der Waals surface area (Å²) in [6, 6.07) is 10.3. The Morgan fingerprint density at radius 2 is 1.62 bits per heavy atom. The lowest BCUT2D eigenvalue weighted by molar-refractivity contribution is -0.140. The van der Waals surface area contributed by atoms with Gasteiger partial charge in [0, 0.05) is 0 Å². The summed E-state index contributed by atoms with van der Waals surface area (Å²) in [5.41, 5.74) is -0.931. The van der Waals surface area contributed by atoms with E-state index in [0.29, 0.717) is 5.56 Å². The quantitative estimate of drug-likeness (QED) is 0.809. The molecule has 0 bridgehead atoms. The first-order valence-corrected chi connectivity index (χ1v) is 7.28. The van der Waals surface area contributed by atoms with Gasteiger partial charge in [-0.15, -0.1) is 0 Å². The van der Waals surface area contributed by atoms with E-state index >= 15 is 0 Å². The van der Waals surface area contributed by atoms with E-state index in [1.165, 1.54) is 37.3 Å². The van der Waals surface area contributed by atoms with E-state index in [-0.39, 0.29) is 5.75 Å². The van der Waals surface area contributed by atoms with E-state index in [2.05, 4.69) is 0 Å². The normalized spacial score (nSPS) is 12.2. The van der Waals surface area contributed by atoms with Gasteiger partial charge in [0.25, 0.3) is 0 Å². The summed E-state index contributed by atoms with van der Waals surface area (Å²) in [5.74, 6) is -0.0498. The monoisotopic (exact) mass is 316 g/mol. The third kappa shape index (κ3) is 3.55. The number of benzene rings is 2. The molecule has 0 amide bonds. The minimum absolute atomic E-state index is 0.0498. The Morgan fingerprint density at radius 1 is 1.00 bits per heavy atom. The third-order valence-electron chi connectivity index (χ3n) is 2.66. The molecule has 0 fully saturated rings. The zero-order chi connectivity index (χ0) is 15.7. The molecule has 2 aromatic rings. The van der Waals surface area contributed by atoms with Crippen LogP contribution in [0.4, 0.5) is 13.2 Å². The average molecular weight is 316 g/mol. The van der Waals surface area contributed by atoms with Crippen molar-refractivity contribution in [1.29, 1.82) is 0 Å². The maximum absolute atomic E-state index is 13.0. The van der Waals surface area contributed by atoms with Crippen molar-refractivity contribution in [2.75, 3.05) is 0 Å². The molecule has 0 atom stereocenters. The molecule has 2 rings (SSSR count). The van der Waals surface area contributed by atoms with Gasteiger partial charge >= 0.3 is 16.3 Å². The molecule has 0 aliphatic rings. The van der Waals surface area contributed by atoms with Crippen LogP contribution in [0.1, 0.15) is 11.1 Å². The van der Waals surface area contributed by atoms with Gasteiger partial charge in [0.1, 0.15) is 10.6 Å². The number of hydrogen-bond acceptors (Lipinski definition) is 3. The van der Waals surface area contributed by atoms with Gasteiger partial charge in [0.05, 0.1) is 5.56 Å². The van der Waals surface area contributed by atoms with Crippen molar-refractivity contribution in [1.82, 2.24) is 0 Å². The molecule has 0 heterocycles. The van der Waals surface area contributed by atoms with Crippen molar-refractivity contribution in [3.8, 4) is 5.75 Å². The van der Waals surface area contributed by atoms with E-state index in [0.717, 1.165) is 12.1 Å². The summed E-state index contributed by atoms with van der Waals surface area (Å²) >= 11 is 0. The molecule has 0 saturated carbocycles. The highest BCUT2D eigenvalue weighted by molar-refractivity contribution is 7.87. The average Bonchev–Trinajstić information content (AvgIpc) is 2.38. The zero-order valence-corrected chi connectivity index (χ0v) is 11.7. The molecular weight excluding hydrogens is 305 g/mol. The van der Waals surface area contributed by atoms with Gasteiger partial charge in [0.2, 0.25) is 0 Å². The second kappa shape index (κ2) is 5.40. The Labute approximate surface area is 120 Å². The van der Waals surface area contributed by atoms with Crippen LogP contribution in [0.2, 0.25) is 0 Å². The van der Waals surface area contributed by atoms with Gasteiger partial charge < -0.3 is 4.18 Å². The lowest BCUT2D eigenvalue weighted by Gasteiger charge is -2.14. The van der Waals surface area contributed by atoms with Crippen molar-refractivity contribution < 1.29 is 25.8 Å². The highest BCUT2D eigenvalue weighted by atomic mass is 32.2. The highest BCUT2D eigenvalue weighted by Crippen LogP contribution is 2.35. The molecular formula is C14H11F3O3S. The number of aryl methyl sites for hydroxylation is 1. The summed E-state index contributed by atoms with van der Waals surface area (Å²) in [4.78, 5) is -0.899. The van der Waals surface area contributed by atoms with Crippen LogP contribution in [-0.2, 0) is 16.3 Å². The van der Waals surface area contributed by atoms with Crippen LogP contribution >= 0.6 is 0 Å². The SMILES string of the molecule is Cc1ccc(S(=O)(=O)Oc2ccccc2)c(C(F)(F)F)c1. The third-order valence-corrected chi connectivity index (χ3v) is 3.97. The summed E-state index contributed by atoms with van der Waals surface area (Å²) < 4.78 is 67.8. The molecule has 0 unspecified atom stereocenters. The fraction of sp³-hybridized carbons (Fsp3) is 0.143. The lowest BCUT2D eigenvalue weighted by Crippen LogP contribution is -2.17. The topological polar surface area (TPSA) is 43.4 Å². The zero-order valence-electron chi connectivity index (χ0n) is 10.9. The van der Waals surface area contributed by atoms with Crippen LogP contribution in [0.15, 0.2) is 53.4 Å². The molecule has 0 aliphatic heterocycles. The van der Waals surface area contributed by atoms with Crippen molar-refractivity contribution in [3.63, 3.8) is 0 Å². The molecule has 0 saturated heterocycles. The van der Waals surface area contributed by atoms with Crippen molar-refractivity contribution in [2.24, 2.45) is 0 Å². The Bertz CT molecular complexity index is 738. The van der Waals surface area contributed by atoms with Crippen LogP contribution in [-0.4, -0.2) is 8.42 Å². The van der Waals surface area contributed by atoms with Gasteiger partial charge in [0.15, 0.2) is 0 Å². The van der Waals surface area contributed by atoms with Gasteiger partial charge in [-0.2, -0.15) is 21.6 Å². The van der Waals surface area contributed by atoms with E-state index < -0.39 is 26.8 Å². The first kappa shape index (κ1) is 15.4. The maximum atomic E-state index is 13.0. The van der Waals surface area contributed by atoms with Crippen molar-refractivity contribution in [3.05, 3.63) is 59.7 Å². The van der Waals surface area contributed by atoms with Crippen LogP contribution in [0.3, 0.4) is 0 Å². The number of rotatable bonds is 3. The summed E-state index contributed by atoms with van der Waals surface area (Å²) in [5, 5.41) is 0. The molecule has 0 radical (unpaired) electrons. The number of hydrogen-bond donors (Lipinski definition) is 0. The molecule has 0 aliphatic carbocycles. The first-order valence-electron chi connectivity index (χ1n) is 5.87. The molecule has 0 aromatic heterocycles. The number of halogens is 3. The van der Waals surface area contributed by atoms with Crippen molar-refractivity contribution >= 4 is 10.1 Å². The largest absolute Gasteiger partial charge is 0.417 e. The van der Waals surface area contributed by atoms with Crippen LogP contribution in [0.25, 0.3) is 0 Å². The Hall–Kier alpha value is -2.02. The van der Waals surface area contributed by atoms with E-state index in [9.17, 15) is 21.6 Å². The summed E-state index contributed by atoms with van der Waals surface area (Å²) in [7, 11) is -4.56. The van der Waals surface area contributed by atoms with E-state index in [4.69, 9.17) is 4.18 Å². The Kier molecular flexibility index (Phi) is 3.95. The van der Waals surface area contributed by atoms with Gasteiger partial charge in [-0.1, -0.05) is 29.8 Å². The van der Waals surface area contributed by atoms with Crippen LogP contribution in [0.5, 0.6) is 5.75 Å². The molecule has 112 valence electrons. The molecule has 3 nitrogen and oxygen atoms in total. The predicted octanol–water partition coefficient (Wildman–Crippen LogP) is 3.78. The summed E-state index contributed by atoms with van der Waals surface area (Å²) in [6.45, 7) is 1.45. The Balaban J connectivity index is 2.50. The van der Waals surface area contributed by atoms with E-state index in [1.54, 1.807) is 6.07 Å². The van der Waals surface area contributed by atoms with E-state index in [1.807, 2.05) is 0 Å². The van der Waals surface area contributed by atoms with Gasteiger partial charge in [-0.25, -0.2) is 0 Å². The predicted molar refractivity (Wildman–Crippen MR) is 70.4 cm³/mol. The number of para-hydroxylation sites is 1. The molecule has 0 N–H and O–H groups in total. The molecule has 21 heavy (non-hydrogen) atoms. The lowest BCUT2D eigenvalue weighted by atomic mass is 10.1. The first-order chi connectivity index (χ1) is 9.70. The van der Waals surface area contributed by atoms with Gasteiger partial charge in [-0.3, -0.25) is 0 Å². The Morgan fingerprint density at radius 3 is 2.19 bits per heavy atom. The molecule has 7 heteroatoms. The fourth-order valence-corrected chi connectivity index (χ4v) is 2.86. The fourth-order valence-electron chi connectivity index (χ4n) is 1.73. The highest BCUT2D eigenvalue weighted by Gasteiger charge is 2.38. The van der Waals surface area contributed by atoms with Crippen LogP contribution in [0, 0.1) is 6.92 Å². The summed E-state index contributed by atoms with van der Waals surface area (Å²) in [6.07, 6.45) is -4.78. The van der Waals surface area contributed by atoms with Crippen molar-refractivity contribution in [2.45, 2.75) is 18.0 Å². The second-order valence-electron chi connectivity index (χ2n) is 4.35. The molecule has 2 aromatic carbocycles. The smallest absolute Gasteiger partial charge is 0.379 e. The number of alkyl halides is 3. The molecule has 0 spiro atoms. The van der Waals surface area contributed by atoms with Crippen LogP contribution < -0.4 is 4.18 Å². The minimum Gasteiger partial charge on any atom is -0.379 e. The standard InChI is InChI=1S/C14H11F3O3S/c1-10-7-8-13(12(9-10)14(15,16)17)21(18,19)20-11-5-3-2-4-6-11/h2-9H,1H3. The minimum atomic E-state index is -4.78. The van der Waals surface area contributed by atoms with Gasteiger partial charge in [-0.05, 0) is 31.2 Å². The second-order valence-corrected chi connectivity index (χ2v) is 5.86.